The van der Waals surface area contributed by atoms with E-state index in [2.05, 4.69) is 9.96 Å². The fourth-order valence-corrected chi connectivity index (χ4v) is 0.884. The summed E-state index contributed by atoms with van der Waals surface area (Å²) in [5, 5.41) is 0. The van der Waals surface area contributed by atoms with Crippen LogP contribution in [0.1, 0.15) is 0 Å². The summed E-state index contributed by atoms with van der Waals surface area (Å²) in [6.45, 7) is 0. The van der Waals surface area contributed by atoms with Gasteiger partial charge >= 0.3 is 0 Å². The molecule has 1 aliphatic rings. The lowest BCUT2D eigenvalue weighted by atomic mass is 11.0. The second-order valence-electron chi connectivity index (χ2n) is 0.918. The molecule has 3 heteroatoms. The molecule has 0 saturated heterocycles. The second-order valence-corrected chi connectivity index (χ2v) is 2.09. The molecule has 0 spiro atoms. The maximum absolute atomic E-state index is 3.07. The standard InChI is InChI=1S/C2H6N2Si/c1-2-4-5-3-1/h1-4H,5H2. The van der Waals surface area contributed by atoms with Gasteiger partial charge in [-0.2, -0.15) is 0 Å². The molecule has 0 unspecified atom stereocenters. The molecule has 0 radical (unpaired) electrons. The van der Waals surface area contributed by atoms with E-state index in [0.717, 1.165) is 0 Å². The van der Waals surface area contributed by atoms with Crippen molar-refractivity contribution in [3.63, 3.8) is 0 Å². The third-order valence-electron chi connectivity index (χ3n) is 0.523. The molecule has 0 aromatic rings. The van der Waals surface area contributed by atoms with Crippen molar-refractivity contribution in [3.8, 4) is 0 Å². The van der Waals surface area contributed by atoms with Gasteiger partial charge in [0.1, 0.15) is 0 Å². The van der Waals surface area contributed by atoms with Crippen LogP contribution in [0.3, 0.4) is 0 Å². The molecular weight excluding hydrogens is 80.1 g/mol. The van der Waals surface area contributed by atoms with Gasteiger partial charge < -0.3 is 9.96 Å². The Kier molecular flexibility index (Phi) is 0.622. The maximum Gasteiger partial charge on any atom is 0.225 e. The highest BCUT2D eigenvalue weighted by Crippen LogP contribution is 1.62. The average molecular weight is 86.2 g/mol. The third-order valence-corrected chi connectivity index (χ3v) is 1.40. The first-order valence-electron chi connectivity index (χ1n) is 1.62. The zero-order chi connectivity index (χ0) is 3.54. The SMILES string of the molecule is C1=CN[SiH2]N1. The molecule has 2 N–H and O–H groups in total. The van der Waals surface area contributed by atoms with E-state index < -0.39 is 0 Å². The Morgan fingerprint density at radius 1 is 1.20 bits per heavy atom. The molecule has 0 saturated carbocycles. The van der Waals surface area contributed by atoms with E-state index in [-0.39, 0.29) is 9.84 Å². The van der Waals surface area contributed by atoms with E-state index in [1.165, 1.54) is 0 Å². The van der Waals surface area contributed by atoms with Crippen molar-refractivity contribution < 1.29 is 0 Å². The van der Waals surface area contributed by atoms with E-state index >= 15 is 0 Å². The molecule has 0 atom stereocenters. The summed E-state index contributed by atoms with van der Waals surface area (Å²) in [5.41, 5.74) is 0. The van der Waals surface area contributed by atoms with Gasteiger partial charge in [0.05, 0.1) is 0 Å². The smallest absolute Gasteiger partial charge is 0.225 e. The van der Waals surface area contributed by atoms with Crippen LogP contribution in [0.25, 0.3) is 0 Å². The van der Waals surface area contributed by atoms with Crippen molar-refractivity contribution in [2.45, 2.75) is 0 Å². The number of rotatable bonds is 0. The second kappa shape index (κ2) is 1.12. The first-order chi connectivity index (χ1) is 2.50. The summed E-state index contributed by atoms with van der Waals surface area (Å²) in [7, 11) is -0.0679. The predicted octanol–water partition coefficient (Wildman–Crippen LogP) is -1.35. The monoisotopic (exact) mass is 86.0 g/mol. The van der Waals surface area contributed by atoms with Crippen LogP contribution in [0.15, 0.2) is 12.4 Å². The van der Waals surface area contributed by atoms with Crippen LogP contribution in [0.5, 0.6) is 0 Å². The lowest BCUT2D eigenvalue weighted by Gasteiger charge is -1.79. The van der Waals surface area contributed by atoms with E-state index in [0.29, 0.717) is 0 Å². The van der Waals surface area contributed by atoms with Crippen molar-refractivity contribution >= 4 is 9.84 Å². The lowest BCUT2D eigenvalue weighted by molar-refractivity contribution is 1.37. The minimum Gasteiger partial charge on any atom is -0.404 e. The summed E-state index contributed by atoms with van der Waals surface area (Å²) in [4.78, 5) is 6.14. The lowest BCUT2D eigenvalue weighted by Crippen LogP contribution is -2.16. The van der Waals surface area contributed by atoms with Gasteiger partial charge in [0, 0.05) is 12.4 Å². The highest BCUT2D eigenvalue weighted by atomic mass is 28.2. The molecule has 28 valence electrons. The molecular formula is C2H6N2Si. The molecule has 0 amide bonds. The Labute approximate surface area is 33.2 Å². The zero-order valence-electron chi connectivity index (χ0n) is 2.86. The zero-order valence-corrected chi connectivity index (χ0v) is 4.28. The summed E-state index contributed by atoms with van der Waals surface area (Å²) >= 11 is 0. The van der Waals surface area contributed by atoms with Crippen molar-refractivity contribution in [1.29, 1.82) is 0 Å². The van der Waals surface area contributed by atoms with Gasteiger partial charge in [0.2, 0.25) is 9.84 Å². The summed E-state index contributed by atoms with van der Waals surface area (Å²) in [5.74, 6) is 0. The maximum atomic E-state index is 3.07. The van der Waals surface area contributed by atoms with Gasteiger partial charge in [-0.25, -0.2) is 0 Å². The largest absolute Gasteiger partial charge is 0.404 e. The van der Waals surface area contributed by atoms with E-state index in [1.807, 2.05) is 12.4 Å². The molecule has 0 fully saturated rings. The molecule has 1 rings (SSSR count). The van der Waals surface area contributed by atoms with Crippen LogP contribution in [0.4, 0.5) is 0 Å². The van der Waals surface area contributed by atoms with Gasteiger partial charge in [-0.15, -0.1) is 0 Å². The minimum atomic E-state index is -0.0679. The summed E-state index contributed by atoms with van der Waals surface area (Å²) in [6, 6.07) is 0. The van der Waals surface area contributed by atoms with Crippen LogP contribution < -0.4 is 9.96 Å². The van der Waals surface area contributed by atoms with Crippen molar-refractivity contribution in [2.24, 2.45) is 0 Å². The van der Waals surface area contributed by atoms with Gasteiger partial charge in [-0.1, -0.05) is 0 Å². The van der Waals surface area contributed by atoms with Gasteiger partial charge in [-0.05, 0) is 0 Å². The van der Waals surface area contributed by atoms with Crippen molar-refractivity contribution in [3.05, 3.63) is 12.4 Å². The van der Waals surface area contributed by atoms with Crippen LogP contribution in [0.2, 0.25) is 0 Å². The normalized spacial score (nSPS) is 17.6. The molecule has 0 aliphatic carbocycles. The van der Waals surface area contributed by atoms with Crippen LogP contribution in [-0.4, -0.2) is 9.84 Å². The number of nitrogens with one attached hydrogen (secondary N) is 2. The average Bonchev–Trinajstić information content (AvgIpc) is 1.76. The minimum absolute atomic E-state index is 0.0679. The molecule has 0 aromatic carbocycles. The Morgan fingerprint density at radius 2 is 1.80 bits per heavy atom. The molecule has 1 aliphatic heterocycles. The van der Waals surface area contributed by atoms with Crippen molar-refractivity contribution in [2.75, 3.05) is 0 Å². The highest BCUT2D eigenvalue weighted by Gasteiger charge is 1.80. The Bertz CT molecular complexity index is 45.6. The highest BCUT2D eigenvalue weighted by molar-refractivity contribution is 6.30. The first kappa shape index (κ1) is 2.78. The van der Waals surface area contributed by atoms with Crippen LogP contribution >= 0.6 is 0 Å². The van der Waals surface area contributed by atoms with Crippen LogP contribution in [0, 0.1) is 0 Å². The predicted molar refractivity (Wildman–Crippen MR) is 24.0 cm³/mol. The van der Waals surface area contributed by atoms with Crippen LogP contribution in [-0.2, 0) is 0 Å². The topological polar surface area (TPSA) is 24.1 Å². The molecule has 1 heterocycles. The molecule has 0 bridgehead atoms. The van der Waals surface area contributed by atoms with Gasteiger partial charge in [0.25, 0.3) is 0 Å². The molecule has 2 nitrogen and oxygen atoms in total. The Balaban J connectivity index is 2.32. The quantitative estimate of drug-likeness (QED) is 0.356. The van der Waals surface area contributed by atoms with E-state index in [9.17, 15) is 0 Å². The fourth-order valence-electron chi connectivity index (χ4n) is 0.295. The fraction of sp³-hybridized carbons (Fsp3) is 0. The van der Waals surface area contributed by atoms with E-state index in [4.69, 9.17) is 0 Å². The van der Waals surface area contributed by atoms with Gasteiger partial charge in [0.15, 0.2) is 0 Å². The number of hydrogen-bond acceptors (Lipinski definition) is 2. The molecule has 0 aromatic heterocycles. The summed E-state index contributed by atoms with van der Waals surface area (Å²) < 4.78 is 0. The third kappa shape index (κ3) is 0.415. The Morgan fingerprint density at radius 3 is 2.00 bits per heavy atom. The Hall–Kier alpha value is -0.443. The first-order valence-corrected chi connectivity index (χ1v) is 3.03. The number of hydrogen-bond donors (Lipinski definition) is 2. The summed E-state index contributed by atoms with van der Waals surface area (Å²) in [6.07, 6.45) is 3.87. The molecule has 5 heavy (non-hydrogen) atoms. The van der Waals surface area contributed by atoms with Gasteiger partial charge in [-0.3, -0.25) is 0 Å². The van der Waals surface area contributed by atoms with Crippen molar-refractivity contribution in [1.82, 2.24) is 9.96 Å². The van der Waals surface area contributed by atoms with E-state index in [1.54, 1.807) is 0 Å².